The van der Waals surface area contributed by atoms with E-state index in [4.69, 9.17) is 18.9 Å². The van der Waals surface area contributed by atoms with Crippen molar-refractivity contribution in [3.8, 4) is 5.75 Å². The Balaban J connectivity index is 2.25. The second-order valence-corrected chi connectivity index (χ2v) is 12.5. The zero-order chi connectivity index (χ0) is 33.0. The third-order valence-electron chi connectivity index (χ3n) is 8.35. The van der Waals surface area contributed by atoms with Crippen LogP contribution >= 0.6 is 0 Å². The number of aryl methyl sites for hydroxylation is 1. The fourth-order valence-corrected chi connectivity index (χ4v) is 6.15. The number of dihydropyridines is 1. The van der Waals surface area contributed by atoms with Crippen molar-refractivity contribution >= 4 is 11.9 Å². The first-order chi connectivity index (χ1) is 21.8. The number of unbranched alkanes of at least 4 members (excludes halogenated alkanes) is 12. The van der Waals surface area contributed by atoms with Crippen LogP contribution < -0.4 is 10.1 Å². The molecule has 0 aliphatic carbocycles. The summed E-state index contributed by atoms with van der Waals surface area (Å²) in [5.74, 6) is -0.947. The molecule has 1 heterocycles. The lowest BCUT2D eigenvalue weighted by atomic mass is 9.77. The summed E-state index contributed by atoms with van der Waals surface area (Å²) in [7, 11) is 1.57. The number of rotatable bonds is 23. The molecule has 0 saturated heterocycles. The molecule has 1 N–H and O–H groups in total. The molecule has 0 fully saturated rings. The van der Waals surface area contributed by atoms with E-state index in [-0.39, 0.29) is 25.9 Å². The van der Waals surface area contributed by atoms with Crippen molar-refractivity contribution in [2.75, 3.05) is 26.9 Å². The maximum atomic E-state index is 13.6. The lowest BCUT2D eigenvalue weighted by Crippen LogP contribution is -2.33. The van der Waals surface area contributed by atoms with Gasteiger partial charge in [0.25, 0.3) is 0 Å². The van der Waals surface area contributed by atoms with Crippen molar-refractivity contribution in [1.82, 2.24) is 5.32 Å². The number of carbonyl (C=O) groups excluding carboxylic acids is 2. The van der Waals surface area contributed by atoms with Crippen LogP contribution in [0.5, 0.6) is 5.75 Å². The number of hydrogen-bond acceptors (Lipinski definition) is 7. The van der Waals surface area contributed by atoms with E-state index >= 15 is 0 Å². The zero-order valence-corrected chi connectivity index (χ0v) is 29.4. The SMILES string of the molecule is CCCCCCCCCCCCCCCc1cccc(OC(C)C)c1C1C(C(=O)OCC)=C(C)NC(C)=C1C(=O)OCCOC. The predicted octanol–water partition coefficient (Wildman–Crippen LogP) is 9.10. The fourth-order valence-electron chi connectivity index (χ4n) is 6.15. The topological polar surface area (TPSA) is 83.1 Å². The van der Waals surface area contributed by atoms with E-state index in [0.29, 0.717) is 28.3 Å². The Labute approximate surface area is 273 Å². The molecule has 1 aromatic carbocycles. The maximum absolute atomic E-state index is 13.6. The summed E-state index contributed by atoms with van der Waals surface area (Å²) in [6.45, 7) is 12.4. The van der Waals surface area contributed by atoms with Crippen LogP contribution in [0.1, 0.15) is 142 Å². The summed E-state index contributed by atoms with van der Waals surface area (Å²) < 4.78 is 22.6. The van der Waals surface area contributed by atoms with Crippen molar-refractivity contribution in [2.45, 2.75) is 143 Å². The summed E-state index contributed by atoms with van der Waals surface area (Å²) in [5, 5.41) is 3.25. The van der Waals surface area contributed by atoms with Crippen LogP contribution in [0, 0.1) is 0 Å². The molecule has 1 unspecified atom stereocenters. The molecule has 7 nitrogen and oxygen atoms in total. The Hall–Kier alpha value is -2.80. The smallest absolute Gasteiger partial charge is 0.336 e. The maximum Gasteiger partial charge on any atom is 0.336 e. The Bertz CT molecular complexity index is 1110. The second-order valence-electron chi connectivity index (χ2n) is 12.5. The minimum absolute atomic E-state index is 0.0876. The van der Waals surface area contributed by atoms with E-state index in [1.165, 1.54) is 70.6 Å². The van der Waals surface area contributed by atoms with Gasteiger partial charge in [0.1, 0.15) is 12.4 Å². The highest BCUT2D eigenvalue weighted by atomic mass is 16.6. The van der Waals surface area contributed by atoms with Gasteiger partial charge in [0, 0.05) is 24.1 Å². The quantitative estimate of drug-likeness (QED) is 0.0957. The van der Waals surface area contributed by atoms with E-state index in [1.807, 2.05) is 39.8 Å². The number of methoxy groups -OCH3 is 1. The number of nitrogens with one attached hydrogen (secondary N) is 1. The molecule has 0 aromatic heterocycles. The number of esters is 2. The first kappa shape index (κ1) is 38.4. The number of carbonyl (C=O) groups is 2. The largest absolute Gasteiger partial charge is 0.491 e. The first-order valence-electron chi connectivity index (χ1n) is 17.6. The van der Waals surface area contributed by atoms with Gasteiger partial charge in [0.2, 0.25) is 0 Å². The van der Waals surface area contributed by atoms with E-state index in [0.717, 1.165) is 30.4 Å². The number of ether oxygens (including phenoxy) is 4. The molecule has 1 atom stereocenters. The van der Waals surface area contributed by atoms with E-state index < -0.39 is 17.9 Å². The van der Waals surface area contributed by atoms with Crippen LogP contribution in [0.25, 0.3) is 0 Å². The fraction of sp³-hybridized carbons (Fsp3) is 0.684. The standard InChI is InChI=1S/C38H61NO6/c1-8-10-11-12-13-14-15-16-17-18-19-20-21-23-31-24-22-25-32(45-28(3)4)35(31)36-33(37(40)43-9-2)29(5)39-30(6)34(36)38(41)44-27-26-42-7/h22,24-25,28,36,39H,8-21,23,26-27H2,1-7H3. The molecule has 0 spiro atoms. The van der Waals surface area contributed by atoms with Gasteiger partial charge in [-0.05, 0) is 59.1 Å². The molecule has 254 valence electrons. The van der Waals surface area contributed by atoms with Crippen LogP contribution in [0.2, 0.25) is 0 Å². The number of benzene rings is 1. The third-order valence-corrected chi connectivity index (χ3v) is 8.35. The molecule has 1 aromatic rings. The molecule has 2 rings (SSSR count). The van der Waals surface area contributed by atoms with Gasteiger partial charge in [-0.25, -0.2) is 9.59 Å². The second kappa shape index (κ2) is 21.9. The van der Waals surface area contributed by atoms with Crippen LogP contribution in [-0.2, 0) is 30.2 Å². The van der Waals surface area contributed by atoms with Crippen molar-refractivity contribution in [1.29, 1.82) is 0 Å². The van der Waals surface area contributed by atoms with Gasteiger partial charge in [0.05, 0.1) is 36.4 Å². The number of allylic oxidation sites excluding steroid dienone is 2. The Morgan fingerprint density at radius 2 is 1.29 bits per heavy atom. The molecule has 45 heavy (non-hydrogen) atoms. The molecular formula is C38H61NO6. The van der Waals surface area contributed by atoms with Gasteiger partial charge in [-0.1, -0.05) is 96.1 Å². The molecule has 0 radical (unpaired) electrons. The van der Waals surface area contributed by atoms with Gasteiger partial charge >= 0.3 is 11.9 Å². The minimum Gasteiger partial charge on any atom is -0.491 e. The Morgan fingerprint density at radius 3 is 1.80 bits per heavy atom. The highest BCUT2D eigenvalue weighted by Gasteiger charge is 2.40. The minimum atomic E-state index is -0.688. The molecule has 1 aliphatic rings. The van der Waals surface area contributed by atoms with Crippen LogP contribution in [-0.4, -0.2) is 45.0 Å². The zero-order valence-electron chi connectivity index (χ0n) is 29.4. The molecular weight excluding hydrogens is 566 g/mol. The highest BCUT2D eigenvalue weighted by molar-refractivity contribution is 6.00. The highest BCUT2D eigenvalue weighted by Crippen LogP contribution is 2.45. The van der Waals surface area contributed by atoms with Gasteiger partial charge < -0.3 is 24.3 Å². The summed E-state index contributed by atoms with van der Waals surface area (Å²) >= 11 is 0. The van der Waals surface area contributed by atoms with Crippen molar-refractivity contribution in [2.24, 2.45) is 0 Å². The molecule has 0 saturated carbocycles. The van der Waals surface area contributed by atoms with Crippen molar-refractivity contribution in [3.05, 3.63) is 51.9 Å². The summed E-state index contributed by atoms with van der Waals surface area (Å²) in [6.07, 6.45) is 17.6. The Kier molecular flexibility index (Phi) is 18.6. The van der Waals surface area contributed by atoms with Crippen molar-refractivity contribution in [3.63, 3.8) is 0 Å². The average molecular weight is 628 g/mol. The monoisotopic (exact) mass is 627 g/mol. The first-order valence-corrected chi connectivity index (χ1v) is 17.6. The lowest BCUT2D eigenvalue weighted by molar-refractivity contribution is -0.140. The van der Waals surface area contributed by atoms with Crippen LogP contribution in [0.3, 0.4) is 0 Å². The van der Waals surface area contributed by atoms with Crippen LogP contribution in [0.15, 0.2) is 40.7 Å². The van der Waals surface area contributed by atoms with Gasteiger partial charge in [-0.3, -0.25) is 0 Å². The molecule has 0 bridgehead atoms. The van der Waals surface area contributed by atoms with Crippen molar-refractivity contribution < 1.29 is 28.5 Å². The van der Waals surface area contributed by atoms with Gasteiger partial charge in [-0.15, -0.1) is 0 Å². The summed E-state index contributed by atoms with van der Waals surface area (Å²) in [4.78, 5) is 27.1. The summed E-state index contributed by atoms with van der Waals surface area (Å²) in [5.41, 5.74) is 4.04. The van der Waals surface area contributed by atoms with E-state index in [2.05, 4.69) is 18.3 Å². The number of hydrogen-bond donors (Lipinski definition) is 1. The average Bonchev–Trinajstić information content (AvgIpc) is 2.99. The van der Waals surface area contributed by atoms with Crippen LogP contribution in [0.4, 0.5) is 0 Å². The predicted molar refractivity (Wildman–Crippen MR) is 182 cm³/mol. The van der Waals surface area contributed by atoms with Gasteiger partial charge in [-0.2, -0.15) is 0 Å². The van der Waals surface area contributed by atoms with E-state index in [9.17, 15) is 9.59 Å². The van der Waals surface area contributed by atoms with E-state index in [1.54, 1.807) is 14.0 Å². The normalized spacial score (nSPS) is 15.0. The molecule has 1 aliphatic heterocycles. The lowest BCUT2D eigenvalue weighted by Gasteiger charge is -2.33. The summed E-state index contributed by atoms with van der Waals surface area (Å²) in [6, 6.07) is 6.05. The third kappa shape index (κ3) is 12.8. The Morgan fingerprint density at radius 1 is 0.756 bits per heavy atom. The van der Waals surface area contributed by atoms with Gasteiger partial charge in [0.15, 0.2) is 0 Å². The molecule has 0 amide bonds. The molecule has 7 heteroatoms.